The van der Waals surface area contributed by atoms with Crippen molar-refractivity contribution >= 4 is 15.9 Å². The molecule has 7 heteroatoms. The van der Waals surface area contributed by atoms with Crippen molar-refractivity contribution in [3.63, 3.8) is 0 Å². The molecular formula is C14H17N3O3S. The second kappa shape index (κ2) is 6.24. The number of benzene rings is 1. The first-order valence-corrected chi connectivity index (χ1v) is 8.51. The van der Waals surface area contributed by atoms with Gasteiger partial charge in [-0.05, 0) is 31.0 Å². The summed E-state index contributed by atoms with van der Waals surface area (Å²) in [6.07, 6.45) is 2.64. The van der Waals surface area contributed by atoms with E-state index < -0.39 is 10.0 Å². The minimum atomic E-state index is -3.23. The highest BCUT2D eigenvalue weighted by Crippen LogP contribution is 2.14. The van der Waals surface area contributed by atoms with Crippen LogP contribution in [-0.4, -0.2) is 44.0 Å². The lowest BCUT2D eigenvalue weighted by Gasteiger charge is -2.31. The Balaban J connectivity index is 2.04. The van der Waals surface area contributed by atoms with Crippen molar-refractivity contribution in [2.24, 2.45) is 0 Å². The van der Waals surface area contributed by atoms with Crippen LogP contribution in [0.25, 0.3) is 0 Å². The van der Waals surface area contributed by atoms with Gasteiger partial charge in [0.15, 0.2) is 0 Å². The molecule has 21 heavy (non-hydrogen) atoms. The highest BCUT2D eigenvalue weighted by molar-refractivity contribution is 7.88. The zero-order valence-electron chi connectivity index (χ0n) is 11.7. The van der Waals surface area contributed by atoms with Gasteiger partial charge >= 0.3 is 0 Å². The van der Waals surface area contributed by atoms with Gasteiger partial charge in [0.2, 0.25) is 10.0 Å². The molecule has 2 rings (SSSR count). The van der Waals surface area contributed by atoms with Crippen molar-refractivity contribution in [1.82, 2.24) is 9.62 Å². The van der Waals surface area contributed by atoms with Gasteiger partial charge in [-0.25, -0.2) is 12.7 Å². The lowest BCUT2D eigenvalue weighted by Crippen LogP contribution is -2.49. The predicted octanol–water partition coefficient (Wildman–Crippen LogP) is 0.712. The number of nitrogens with zero attached hydrogens (tertiary/aromatic N) is 2. The van der Waals surface area contributed by atoms with Crippen molar-refractivity contribution in [3.8, 4) is 6.07 Å². The molecule has 1 aliphatic rings. The molecule has 1 heterocycles. The van der Waals surface area contributed by atoms with Crippen LogP contribution in [0.4, 0.5) is 0 Å². The van der Waals surface area contributed by atoms with E-state index in [4.69, 9.17) is 5.26 Å². The number of carbonyl (C=O) groups is 1. The molecule has 1 saturated heterocycles. The fraction of sp³-hybridized carbons (Fsp3) is 0.429. The molecule has 0 aromatic heterocycles. The van der Waals surface area contributed by atoms with Gasteiger partial charge in [-0.3, -0.25) is 4.79 Å². The van der Waals surface area contributed by atoms with Gasteiger partial charge in [0.25, 0.3) is 5.91 Å². The van der Waals surface area contributed by atoms with Crippen LogP contribution in [0, 0.1) is 11.3 Å². The van der Waals surface area contributed by atoms with E-state index in [2.05, 4.69) is 5.32 Å². The number of nitrogens with one attached hydrogen (secondary N) is 1. The molecule has 0 saturated carbocycles. The van der Waals surface area contributed by atoms with Gasteiger partial charge in [0.1, 0.15) is 0 Å². The van der Waals surface area contributed by atoms with Gasteiger partial charge in [-0.15, -0.1) is 0 Å². The number of carbonyl (C=O) groups excluding carboxylic acids is 1. The Morgan fingerprint density at radius 2 is 2.24 bits per heavy atom. The Morgan fingerprint density at radius 1 is 1.48 bits per heavy atom. The van der Waals surface area contributed by atoms with E-state index >= 15 is 0 Å². The number of hydrogen-bond acceptors (Lipinski definition) is 4. The Kier molecular flexibility index (Phi) is 4.60. The fourth-order valence-corrected chi connectivity index (χ4v) is 3.27. The topological polar surface area (TPSA) is 90.3 Å². The third-order valence-electron chi connectivity index (χ3n) is 3.44. The van der Waals surface area contributed by atoms with Crippen LogP contribution < -0.4 is 5.32 Å². The second-order valence-corrected chi connectivity index (χ2v) is 7.11. The number of rotatable bonds is 3. The summed E-state index contributed by atoms with van der Waals surface area (Å²) in [5, 5.41) is 11.7. The average molecular weight is 307 g/mol. The summed E-state index contributed by atoms with van der Waals surface area (Å²) < 4.78 is 24.5. The van der Waals surface area contributed by atoms with Gasteiger partial charge in [0.05, 0.1) is 17.9 Å². The molecule has 0 aliphatic carbocycles. The predicted molar refractivity (Wildman–Crippen MR) is 78.1 cm³/mol. The first-order chi connectivity index (χ1) is 9.90. The van der Waals surface area contributed by atoms with Crippen molar-refractivity contribution in [2.75, 3.05) is 19.3 Å². The molecule has 6 nitrogen and oxygen atoms in total. The SMILES string of the molecule is CS(=O)(=O)N1CCCC(NC(=O)c2cccc(C#N)c2)C1. The van der Waals surface area contributed by atoms with Gasteiger partial charge in [-0.1, -0.05) is 6.07 Å². The first-order valence-electron chi connectivity index (χ1n) is 6.66. The molecule has 0 radical (unpaired) electrons. The normalized spacial score (nSPS) is 19.7. The highest BCUT2D eigenvalue weighted by Gasteiger charge is 2.26. The minimum Gasteiger partial charge on any atom is -0.348 e. The summed E-state index contributed by atoms with van der Waals surface area (Å²) in [4.78, 5) is 12.1. The molecule has 1 unspecified atom stereocenters. The van der Waals surface area contributed by atoms with Crippen LogP contribution in [0.2, 0.25) is 0 Å². The molecule has 1 N–H and O–H groups in total. The summed E-state index contributed by atoms with van der Waals surface area (Å²) in [7, 11) is -3.23. The minimum absolute atomic E-state index is 0.202. The lowest BCUT2D eigenvalue weighted by molar-refractivity contribution is 0.0921. The van der Waals surface area contributed by atoms with E-state index in [0.717, 1.165) is 12.8 Å². The molecule has 1 aromatic carbocycles. The van der Waals surface area contributed by atoms with Crippen LogP contribution in [0.5, 0.6) is 0 Å². The highest BCUT2D eigenvalue weighted by atomic mass is 32.2. The monoisotopic (exact) mass is 307 g/mol. The second-order valence-electron chi connectivity index (χ2n) is 5.13. The Labute approximate surface area is 124 Å². The first kappa shape index (κ1) is 15.5. The van der Waals surface area contributed by atoms with E-state index in [1.54, 1.807) is 18.2 Å². The maximum absolute atomic E-state index is 12.1. The maximum atomic E-state index is 12.1. The molecule has 1 atom stereocenters. The molecule has 1 fully saturated rings. The molecule has 1 aliphatic heterocycles. The number of sulfonamides is 1. The smallest absolute Gasteiger partial charge is 0.251 e. The maximum Gasteiger partial charge on any atom is 0.251 e. The van der Waals surface area contributed by atoms with Crippen LogP contribution >= 0.6 is 0 Å². The van der Waals surface area contributed by atoms with E-state index in [9.17, 15) is 13.2 Å². The number of amides is 1. The van der Waals surface area contributed by atoms with Gasteiger partial charge in [-0.2, -0.15) is 5.26 Å². The molecule has 112 valence electrons. The van der Waals surface area contributed by atoms with Crippen LogP contribution in [0.15, 0.2) is 24.3 Å². The van der Waals surface area contributed by atoms with Crippen LogP contribution in [-0.2, 0) is 10.0 Å². The largest absolute Gasteiger partial charge is 0.348 e. The number of piperidine rings is 1. The summed E-state index contributed by atoms with van der Waals surface area (Å²) >= 11 is 0. The fourth-order valence-electron chi connectivity index (χ4n) is 2.36. The quantitative estimate of drug-likeness (QED) is 0.890. The molecule has 0 spiro atoms. The Hall–Kier alpha value is -1.91. The molecule has 0 bridgehead atoms. The van der Waals surface area contributed by atoms with Crippen molar-refractivity contribution in [3.05, 3.63) is 35.4 Å². The Bertz CT molecular complexity index is 679. The van der Waals surface area contributed by atoms with Gasteiger partial charge < -0.3 is 5.32 Å². The summed E-state index contributed by atoms with van der Waals surface area (Å²) in [5.74, 6) is -0.285. The van der Waals surface area contributed by atoms with Crippen LogP contribution in [0.1, 0.15) is 28.8 Å². The van der Waals surface area contributed by atoms with E-state index in [1.165, 1.54) is 16.6 Å². The van der Waals surface area contributed by atoms with Crippen LogP contribution in [0.3, 0.4) is 0 Å². The third-order valence-corrected chi connectivity index (χ3v) is 4.71. The zero-order valence-corrected chi connectivity index (χ0v) is 12.6. The van der Waals surface area contributed by atoms with Crippen molar-refractivity contribution < 1.29 is 13.2 Å². The van der Waals surface area contributed by atoms with Crippen molar-refractivity contribution in [1.29, 1.82) is 5.26 Å². The van der Waals surface area contributed by atoms with E-state index in [0.29, 0.717) is 24.2 Å². The third kappa shape index (κ3) is 4.03. The zero-order chi connectivity index (χ0) is 15.5. The number of nitriles is 1. The standard InChI is InChI=1S/C14H17N3O3S/c1-21(19,20)17-7-3-6-13(10-17)16-14(18)12-5-2-4-11(8-12)9-15/h2,4-5,8,13H,3,6-7,10H2,1H3,(H,16,18). The molecule has 1 aromatic rings. The molecular weight excluding hydrogens is 290 g/mol. The summed E-state index contributed by atoms with van der Waals surface area (Å²) in [5.41, 5.74) is 0.828. The Morgan fingerprint density at radius 3 is 2.90 bits per heavy atom. The van der Waals surface area contributed by atoms with E-state index in [1.807, 2.05) is 6.07 Å². The molecule has 1 amide bonds. The number of hydrogen-bond donors (Lipinski definition) is 1. The summed E-state index contributed by atoms with van der Waals surface area (Å²) in [6.45, 7) is 0.789. The van der Waals surface area contributed by atoms with Crippen molar-refractivity contribution in [2.45, 2.75) is 18.9 Å². The summed E-state index contributed by atoms with van der Waals surface area (Å²) in [6, 6.07) is 8.21. The average Bonchev–Trinajstić information content (AvgIpc) is 2.46. The lowest BCUT2D eigenvalue weighted by atomic mass is 10.1. The van der Waals surface area contributed by atoms with Gasteiger partial charge in [0, 0.05) is 24.7 Å². The van der Waals surface area contributed by atoms with E-state index in [-0.39, 0.29) is 11.9 Å².